The van der Waals surface area contributed by atoms with E-state index in [1.54, 1.807) is 36.4 Å². The number of nitrogens with two attached hydrogens (primary N) is 2. The molecule has 0 bridgehead atoms. The van der Waals surface area contributed by atoms with Crippen LogP contribution in [0.5, 0.6) is 5.75 Å². The number of benzene rings is 1. The molecule has 5 N–H and O–H groups in total. The fourth-order valence-electron chi connectivity index (χ4n) is 4.77. The van der Waals surface area contributed by atoms with Crippen LogP contribution in [0.15, 0.2) is 53.1 Å². The molecule has 178 valence electrons. The van der Waals surface area contributed by atoms with E-state index in [0.29, 0.717) is 28.5 Å². The minimum absolute atomic E-state index is 0.00101. The van der Waals surface area contributed by atoms with Gasteiger partial charge in [0, 0.05) is 17.7 Å². The number of nitrogens with zero attached hydrogens (tertiary/aromatic N) is 3. The zero-order valence-electron chi connectivity index (χ0n) is 18.8. The van der Waals surface area contributed by atoms with Gasteiger partial charge in [0.1, 0.15) is 11.4 Å². The van der Waals surface area contributed by atoms with Crippen molar-refractivity contribution in [3.05, 3.63) is 60.0 Å². The smallest absolute Gasteiger partial charge is 0.274 e. The normalized spacial score (nSPS) is 20.8. The summed E-state index contributed by atoms with van der Waals surface area (Å²) in [5.74, 6) is 5.55. The van der Waals surface area contributed by atoms with E-state index in [0.717, 1.165) is 32.1 Å². The number of furan rings is 1. The van der Waals surface area contributed by atoms with Crippen LogP contribution in [0.4, 0.5) is 0 Å². The van der Waals surface area contributed by atoms with Gasteiger partial charge in [0.25, 0.3) is 11.8 Å². The second kappa shape index (κ2) is 8.96. The SMILES string of the molecule is NOc1ccccc1CN1C(=O)c2cc(-c3ccco3)nn2CC1(N)C(=O)NC1CCCCC1. The van der Waals surface area contributed by atoms with Gasteiger partial charge in [0.05, 0.1) is 19.4 Å². The monoisotopic (exact) mass is 464 g/mol. The number of carbonyl (C=O) groups is 2. The Labute approximate surface area is 196 Å². The molecular weight excluding hydrogens is 436 g/mol. The topological polar surface area (TPSA) is 142 Å². The van der Waals surface area contributed by atoms with Crippen molar-refractivity contribution in [2.24, 2.45) is 11.6 Å². The van der Waals surface area contributed by atoms with E-state index in [-0.39, 0.29) is 19.1 Å². The van der Waals surface area contributed by atoms with Gasteiger partial charge in [-0.05, 0) is 31.0 Å². The van der Waals surface area contributed by atoms with Crippen LogP contribution >= 0.6 is 0 Å². The third-order valence-electron chi connectivity index (χ3n) is 6.65. The van der Waals surface area contributed by atoms with Crippen LogP contribution in [0.3, 0.4) is 0 Å². The number of nitrogens with one attached hydrogen (secondary N) is 1. The Kier molecular flexibility index (Phi) is 5.84. The third-order valence-corrected chi connectivity index (χ3v) is 6.65. The van der Waals surface area contributed by atoms with Crippen LogP contribution in [-0.2, 0) is 17.9 Å². The summed E-state index contributed by atoms with van der Waals surface area (Å²) in [4.78, 5) is 33.7. The maximum Gasteiger partial charge on any atom is 0.274 e. The summed E-state index contributed by atoms with van der Waals surface area (Å²) < 4.78 is 6.93. The highest BCUT2D eigenvalue weighted by molar-refractivity contribution is 6.00. The van der Waals surface area contributed by atoms with Gasteiger partial charge in [-0.1, -0.05) is 37.5 Å². The summed E-state index contributed by atoms with van der Waals surface area (Å²) in [6, 6.07) is 12.3. The standard InChI is InChI=1S/C24H28N6O4/c25-24(23(32)27-17-8-2-1-3-9-17)15-30-19(13-18(28-30)21-11-6-12-33-21)22(31)29(24)14-16-7-4-5-10-20(16)34-26/h4-7,10-13,17H,1-3,8-9,14-15,25-26H2,(H,27,32). The Bertz CT molecular complexity index is 1180. The number of rotatable bonds is 6. The molecule has 1 aromatic carbocycles. The van der Waals surface area contributed by atoms with Gasteiger partial charge in [-0.2, -0.15) is 11.0 Å². The molecule has 10 heteroatoms. The summed E-state index contributed by atoms with van der Waals surface area (Å²) >= 11 is 0. The minimum Gasteiger partial charge on any atom is -0.463 e. The first-order chi connectivity index (χ1) is 16.5. The van der Waals surface area contributed by atoms with E-state index in [2.05, 4.69) is 10.4 Å². The minimum atomic E-state index is -1.66. The van der Waals surface area contributed by atoms with Crippen LogP contribution in [0.1, 0.15) is 48.2 Å². The summed E-state index contributed by atoms with van der Waals surface area (Å²) in [5.41, 5.74) is 6.57. The molecule has 3 heterocycles. The largest absolute Gasteiger partial charge is 0.463 e. The Hall–Kier alpha value is -3.63. The molecular formula is C24H28N6O4. The summed E-state index contributed by atoms with van der Waals surface area (Å²) in [6.07, 6.45) is 6.61. The molecule has 5 rings (SSSR count). The van der Waals surface area contributed by atoms with E-state index in [1.807, 2.05) is 6.07 Å². The molecule has 0 radical (unpaired) electrons. The lowest BCUT2D eigenvalue weighted by Gasteiger charge is -2.43. The highest BCUT2D eigenvalue weighted by atomic mass is 16.6. The van der Waals surface area contributed by atoms with Crippen molar-refractivity contribution in [2.45, 2.75) is 56.9 Å². The number of hydrogen-bond donors (Lipinski definition) is 3. The maximum absolute atomic E-state index is 13.7. The number of para-hydroxylation sites is 1. The van der Waals surface area contributed by atoms with Gasteiger partial charge >= 0.3 is 0 Å². The first kappa shape index (κ1) is 22.2. The van der Waals surface area contributed by atoms with Gasteiger partial charge in [-0.15, -0.1) is 0 Å². The van der Waals surface area contributed by atoms with Crippen molar-refractivity contribution >= 4 is 11.8 Å². The molecule has 0 spiro atoms. The maximum atomic E-state index is 13.7. The van der Waals surface area contributed by atoms with Gasteiger partial charge in [0.2, 0.25) is 0 Å². The van der Waals surface area contributed by atoms with Crippen LogP contribution in [0.2, 0.25) is 0 Å². The number of hydrogen-bond acceptors (Lipinski definition) is 7. The Balaban J connectivity index is 1.52. The molecule has 10 nitrogen and oxygen atoms in total. The average molecular weight is 465 g/mol. The van der Waals surface area contributed by atoms with Crippen LogP contribution in [0, 0.1) is 0 Å². The number of amides is 2. The van der Waals surface area contributed by atoms with Crippen molar-refractivity contribution in [2.75, 3.05) is 0 Å². The quantitative estimate of drug-likeness (QED) is 0.475. The van der Waals surface area contributed by atoms with Crippen molar-refractivity contribution in [1.82, 2.24) is 20.0 Å². The summed E-state index contributed by atoms with van der Waals surface area (Å²) in [5, 5.41) is 7.60. The molecule has 3 aromatic rings. The van der Waals surface area contributed by atoms with Gasteiger partial charge in [-0.3, -0.25) is 20.0 Å². The number of fused-ring (bicyclic) bond motifs is 1. The highest BCUT2D eigenvalue weighted by Gasteiger charge is 2.49. The molecule has 1 fully saturated rings. The molecule has 1 saturated carbocycles. The van der Waals surface area contributed by atoms with Crippen molar-refractivity contribution < 1.29 is 18.8 Å². The highest BCUT2D eigenvalue weighted by Crippen LogP contribution is 2.31. The fraction of sp³-hybridized carbons (Fsp3) is 0.375. The molecule has 1 aliphatic carbocycles. The first-order valence-corrected chi connectivity index (χ1v) is 11.5. The predicted molar refractivity (Wildman–Crippen MR) is 123 cm³/mol. The lowest BCUT2D eigenvalue weighted by molar-refractivity contribution is -0.135. The molecule has 34 heavy (non-hydrogen) atoms. The fourth-order valence-corrected chi connectivity index (χ4v) is 4.77. The van der Waals surface area contributed by atoms with Gasteiger partial charge in [0.15, 0.2) is 17.2 Å². The lowest BCUT2D eigenvalue weighted by Crippen LogP contribution is -2.71. The second-order valence-corrected chi connectivity index (χ2v) is 8.90. The van der Waals surface area contributed by atoms with Crippen LogP contribution < -0.4 is 21.8 Å². The zero-order chi connectivity index (χ0) is 23.7. The first-order valence-electron chi connectivity index (χ1n) is 11.5. The van der Waals surface area contributed by atoms with Crippen molar-refractivity contribution in [3.8, 4) is 17.2 Å². The zero-order valence-corrected chi connectivity index (χ0v) is 18.8. The van der Waals surface area contributed by atoms with E-state index >= 15 is 0 Å². The Morgan fingerprint density at radius 2 is 2.00 bits per heavy atom. The Morgan fingerprint density at radius 3 is 2.74 bits per heavy atom. The molecule has 2 aliphatic rings. The molecule has 1 aliphatic heterocycles. The molecule has 2 amide bonds. The molecule has 0 saturated heterocycles. The van der Waals surface area contributed by atoms with Crippen LogP contribution in [0.25, 0.3) is 11.5 Å². The van der Waals surface area contributed by atoms with Crippen molar-refractivity contribution in [3.63, 3.8) is 0 Å². The number of carbonyl (C=O) groups excluding carboxylic acids is 2. The second-order valence-electron chi connectivity index (χ2n) is 8.90. The lowest BCUT2D eigenvalue weighted by atomic mass is 9.94. The van der Waals surface area contributed by atoms with E-state index in [1.165, 1.54) is 15.8 Å². The van der Waals surface area contributed by atoms with E-state index < -0.39 is 17.5 Å². The number of aromatic nitrogens is 2. The summed E-state index contributed by atoms with van der Waals surface area (Å²) in [7, 11) is 0. The molecule has 1 unspecified atom stereocenters. The van der Waals surface area contributed by atoms with Crippen LogP contribution in [-0.4, -0.2) is 38.2 Å². The van der Waals surface area contributed by atoms with E-state index in [9.17, 15) is 9.59 Å². The van der Waals surface area contributed by atoms with Crippen molar-refractivity contribution in [1.29, 1.82) is 0 Å². The predicted octanol–water partition coefficient (Wildman–Crippen LogP) is 2.16. The molecule has 1 atom stereocenters. The Morgan fingerprint density at radius 1 is 1.21 bits per heavy atom. The van der Waals surface area contributed by atoms with Gasteiger partial charge in [-0.25, -0.2) is 0 Å². The summed E-state index contributed by atoms with van der Waals surface area (Å²) in [6.45, 7) is 0.0427. The van der Waals surface area contributed by atoms with E-state index in [4.69, 9.17) is 20.9 Å². The third kappa shape index (κ3) is 3.95. The average Bonchev–Trinajstić information content (AvgIpc) is 3.53. The molecule has 2 aromatic heterocycles. The van der Waals surface area contributed by atoms with Gasteiger partial charge < -0.3 is 19.5 Å².